The monoisotopic (exact) mass is 278 g/mol. The maximum Gasteiger partial charge on any atom is 0.326 e. The molecule has 1 rings (SSSR count). The fraction of sp³-hybridized carbons (Fsp3) is 0.467. The zero-order valence-corrected chi connectivity index (χ0v) is 12.1. The minimum atomic E-state index is -1.01. The van der Waals surface area contributed by atoms with E-state index in [0.29, 0.717) is 13.0 Å². The summed E-state index contributed by atoms with van der Waals surface area (Å²) in [5.74, 6) is -1.12. The number of carbonyl (C=O) groups is 2. The summed E-state index contributed by atoms with van der Waals surface area (Å²) in [6.07, 6.45) is 0.690. The number of carboxylic acid groups (broad SMARTS) is 1. The van der Waals surface area contributed by atoms with Gasteiger partial charge >= 0.3 is 12.0 Å². The average molecular weight is 278 g/mol. The van der Waals surface area contributed by atoms with E-state index in [9.17, 15) is 9.59 Å². The lowest BCUT2D eigenvalue weighted by atomic mass is 9.99. The molecule has 110 valence electrons. The molecule has 0 saturated carbocycles. The molecule has 0 fully saturated rings. The Bertz CT molecular complexity index is 457. The molecule has 2 amide bonds. The Labute approximate surface area is 119 Å². The van der Waals surface area contributed by atoms with Crippen molar-refractivity contribution < 1.29 is 14.7 Å². The summed E-state index contributed by atoms with van der Waals surface area (Å²) in [6.45, 7) is 6.07. The van der Waals surface area contributed by atoms with Crippen molar-refractivity contribution in [1.82, 2.24) is 10.6 Å². The van der Waals surface area contributed by atoms with Crippen molar-refractivity contribution in [1.29, 1.82) is 0 Å². The first kappa shape index (κ1) is 16.0. The maximum atomic E-state index is 11.7. The number of carboxylic acids is 1. The number of hydrogen-bond acceptors (Lipinski definition) is 2. The van der Waals surface area contributed by atoms with Crippen molar-refractivity contribution in [2.24, 2.45) is 5.92 Å². The molecule has 0 aromatic heterocycles. The molecule has 1 aromatic rings. The van der Waals surface area contributed by atoms with Gasteiger partial charge in [-0.1, -0.05) is 50.1 Å². The second-order valence-corrected chi connectivity index (χ2v) is 5.01. The fourth-order valence-corrected chi connectivity index (χ4v) is 1.76. The molecule has 0 unspecified atom stereocenters. The molecule has 0 radical (unpaired) electrons. The highest BCUT2D eigenvalue weighted by Gasteiger charge is 2.24. The molecule has 0 saturated heterocycles. The first-order valence-corrected chi connectivity index (χ1v) is 6.76. The lowest BCUT2D eigenvalue weighted by Crippen LogP contribution is -2.48. The Kier molecular flexibility index (Phi) is 6.03. The molecule has 0 heterocycles. The number of nitrogens with one attached hydrogen (secondary N) is 2. The summed E-state index contributed by atoms with van der Waals surface area (Å²) in [5.41, 5.74) is 2.13. The summed E-state index contributed by atoms with van der Waals surface area (Å²) in [7, 11) is 0. The van der Waals surface area contributed by atoms with Crippen LogP contribution in [0.1, 0.15) is 31.4 Å². The number of benzene rings is 1. The second kappa shape index (κ2) is 7.53. The average Bonchev–Trinajstić information content (AvgIpc) is 2.43. The highest BCUT2D eigenvalue weighted by molar-refractivity contribution is 5.82. The highest BCUT2D eigenvalue weighted by atomic mass is 16.4. The molecule has 1 aromatic carbocycles. The van der Waals surface area contributed by atoms with Gasteiger partial charge in [-0.25, -0.2) is 9.59 Å². The van der Waals surface area contributed by atoms with Crippen LogP contribution < -0.4 is 10.6 Å². The maximum absolute atomic E-state index is 11.7. The van der Waals surface area contributed by atoms with E-state index in [1.165, 1.54) is 0 Å². The van der Waals surface area contributed by atoms with Crippen LogP contribution in [0.25, 0.3) is 0 Å². The molecule has 5 heteroatoms. The van der Waals surface area contributed by atoms with Crippen LogP contribution in [0.3, 0.4) is 0 Å². The number of hydrogen-bond donors (Lipinski definition) is 3. The first-order valence-electron chi connectivity index (χ1n) is 6.76. The minimum Gasteiger partial charge on any atom is -0.480 e. The zero-order chi connectivity index (χ0) is 15.1. The van der Waals surface area contributed by atoms with E-state index in [1.807, 2.05) is 38.1 Å². The SMILES string of the molecule is CC[C@@H](C)[C@@H](NC(=O)NCc1ccc(C)cc1)C(=O)O. The van der Waals surface area contributed by atoms with Crippen LogP contribution in [-0.4, -0.2) is 23.1 Å². The largest absolute Gasteiger partial charge is 0.480 e. The van der Waals surface area contributed by atoms with E-state index in [0.717, 1.165) is 11.1 Å². The van der Waals surface area contributed by atoms with E-state index in [1.54, 1.807) is 6.92 Å². The number of carbonyl (C=O) groups excluding carboxylic acids is 1. The number of amides is 2. The molecule has 3 N–H and O–H groups in total. The van der Waals surface area contributed by atoms with Crippen LogP contribution in [0, 0.1) is 12.8 Å². The van der Waals surface area contributed by atoms with Gasteiger partial charge in [0, 0.05) is 6.54 Å². The van der Waals surface area contributed by atoms with E-state index in [2.05, 4.69) is 10.6 Å². The van der Waals surface area contributed by atoms with E-state index < -0.39 is 18.0 Å². The third kappa shape index (κ3) is 4.91. The van der Waals surface area contributed by atoms with Crippen molar-refractivity contribution in [3.8, 4) is 0 Å². The quantitative estimate of drug-likeness (QED) is 0.747. The number of rotatable bonds is 6. The van der Waals surface area contributed by atoms with Crippen molar-refractivity contribution in [3.05, 3.63) is 35.4 Å². The molecule has 20 heavy (non-hydrogen) atoms. The first-order chi connectivity index (χ1) is 9.43. The number of aliphatic carboxylic acids is 1. The summed E-state index contributed by atoms with van der Waals surface area (Å²) in [4.78, 5) is 22.8. The highest BCUT2D eigenvalue weighted by Crippen LogP contribution is 2.08. The Morgan fingerprint density at radius 1 is 1.25 bits per heavy atom. The van der Waals surface area contributed by atoms with Crippen molar-refractivity contribution in [2.45, 2.75) is 39.8 Å². The van der Waals surface area contributed by atoms with Crippen LogP contribution in [0.2, 0.25) is 0 Å². The minimum absolute atomic E-state index is 0.113. The van der Waals surface area contributed by atoms with Gasteiger partial charge in [0.1, 0.15) is 6.04 Å². The number of aryl methyl sites for hydroxylation is 1. The summed E-state index contributed by atoms with van der Waals surface area (Å²) < 4.78 is 0. The standard InChI is InChI=1S/C15H22N2O3/c1-4-11(3)13(14(18)19)17-15(20)16-9-12-7-5-10(2)6-8-12/h5-8,11,13H,4,9H2,1-3H3,(H,18,19)(H2,16,17,20)/t11-,13-/m1/s1. The lowest BCUT2D eigenvalue weighted by molar-refractivity contribution is -0.140. The Morgan fingerprint density at radius 3 is 2.35 bits per heavy atom. The molecule has 0 aliphatic rings. The molecule has 0 aliphatic heterocycles. The Hall–Kier alpha value is -2.04. The molecule has 0 spiro atoms. The predicted molar refractivity (Wildman–Crippen MR) is 77.4 cm³/mol. The molecular formula is C15H22N2O3. The second-order valence-electron chi connectivity index (χ2n) is 5.01. The van der Waals surface area contributed by atoms with Gasteiger partial charge in [0.05, 0.1) is 0 Å². The molecule has 2 atom stereocenters. The number of urea groups is 1. The van der Waals surface area contributed by atoms with Crippen molar-refractivity contribution >= 4 is 12.0 Å². The third-order valence-electron chi connectivity index (χ3n) is 3.34. The fourth-order valence-electron chi connectivity index (χ4n) is 1.76. The van der Waals surface area contributed by atoms with Crippen LogP contribution in [-0.2, 0) is 11.3 Å². The van der Waals surface area contributed by atoms with Gasteiger partial charge < -0.3 is 15.7 Å². The van der Waals surface area contributed by atoms with Crippen LogP contribution in [0.15, 0.2) is 24.3 Å². The van der Waals surface area contributed by atoms with Gasteiger partial charge in [-0.05, 0) is 18.4 Å². The van der Waals surface area contributed by atoms with Crippen LogP contribution >= 0.6 is 0 Å². The summed E-state index contributed by atoms with van der Waals surface area (Å²) in [6, 6.07) is 6.47. The molecule has 0 bridgehead atoms. The molecule has 5 nitrogen and oxygen atoms in total. The molecule has 0 aliphatic carbocycles. The summed E-state index contributed by atoms with van der Waals surface area (Å²) in [5, 5.41) is 14.3. The Balaban J connectivity index is 2.49. The lowest BCUT2D eigenvalue weighted by Gasteiger charge is -2.20. The topological polar surface area (TPSA) is 78.4 Å². The van der Waals surface area contributed by atoms with Crippen molar-refractivity contribution in [3.63, 3.8) is 0 Å². The van der Waals surface area contributed by atoms with Crippen molar-refractivity contribution in [2.75, 3.05) is 0 Å². The van der Waals surface area contributed by atoms with Crippen LogP contribution in [0.5, 0.6) is 0 Å². The summed E-state index contributed by atoms with van der Waals surface area (Å²) >= 11 is 0. The van der Waals surface area contributed by atoms with Gasteiger partial charge in [-0.2, -0.15) is 0 Å². The van der Waals surface area contributed by atoms with Gasteiger partial charge in [0.15, 0.2) is 0 Å². The van der Waals surface area contributed by atoms with Gasteiger partial charge in [-0.15, -0.1) is 0 Å². The zero-order valence-electron chi connectivity index (χ0n) is 12.1. The third-order valence-corrected chi connectivity index (χ3v) is 3.34. The Morgan fingerprint density at radius 2 is 1.85 bits per heavy atom. The van der Waals surface area contributed by atoms with E-state index in [-0.39, 0.29) is 5.92 Å². The predicted octanol–water partition coefficient (Wildman–Crippen LogP) is 2.29. The van der Waals surface area contributed by atoms with E-state index in [4.69, 9.17) is 5.11 Å². The van der Waals surface area contributed by atoms with Gasteiger partial charge in [0.25, 0.3) is 0 Å². The molecular weight excluding hydrogens is 256 g/mol. The van der Waals surface area contributed by atoms with Crippen LogP contribution in [0.4, 0.5) is 4.79 Å². The smallest absolute Gasteiger partial charge is 0.326 e. The van der Waals surface area contributed by atoms with Gasteiger partial charge in [-0.3, -0.25) is 0 Å². The normalized spacial score (nSPS) is 13.3. The van der Waals surface area contributed by atoms with Gasteiger partial charge in [0.2, 0.25) is 0 Å². The van der Waals surface area contributed by atoms with E-state index >= 15 is 0 Å².